The van der Waals surface area contributed by atoms with Crippen molar-refractivity contribution in [1.82, 2.24) is 10.2 Å². The molecule has 0 saturated carbocycles. The second-order valence-electron chi connectivity index (χ2n) is 5.68. The van der Waals surface area contributed by atoms with E-state index in [0.717, 1.165) is 11.3 Å². The fourth-order valence-electron chi connectivity index (χ4n) is 2.49. The van der Waals surface area contributed by atoms with Crippen LogP contribution in [0.15, 0.2) is 52.7 Å². The van der Waals surface area contributed by atoms with Crippen LogP contribution in [0.5, 0.6) is 0 Å². The van der Waals surface area contributed by atoms with Crippen molar-refractivity contribution in [3.05, 3.63) is 63.2 Å². The standard InChI is InChI=1S/C19H18N2O2S3/c22-17(20-10-8-14-5-2-1-3-6-14)9-11-21-18(23)16(26-19(21)24)13-15-7-4-12-25-15/h1-7,12-13H,8-11H2,(H,20,22). The quantitative estimate of drug-likeness (QED) is 0.567. The summed E-state index contributed by atoms with van der Waals surface area (Å²) in [6.07, 6.45) is 2.88. The Hall–Kier alpha value is -1.96. The van der Waals surface area contributed by atoms with Gasteiger partial charge in [0.05, 0.1) is 4.91 Å². The minimum Gasteiger partial charge on any atom is -0.356 e. The second-order valence-corrected chi connectivity index (χ2v) is 8.34. The zero-order valence-electron chi connectivity index (χ0n) is 14.0. The number of amides is 2. The molecular formula is C19H18N2O2S3. The Morgan fingerprint density at radius 2 is 2.00 bits per heavy atom. The highest BCUT2D eigenvalue weighted by molar-refractivity contribution is 8.26. The van der Waals surface area contributed by atoms with Gasteiger partial charge in [-0.1, -0.05) is 60.4 Å². The van der Waals surface area contributed by atoms with Crippen LogP contribution < -0.4 is 5.32 Å². The third kappa shape index (κ3) is 5.03. The van der Waals surface area contributed by atoms with Crippen molar-refractivity contribution in [3.8, 4) is 0 Å². The molecule has 0 radical (unpaired) electrons. The topological polar surface area (TPSA) is 49.4 Å². The first kappa shape index (κ1) is 18.8. The van der Waals surface area contributed by atoms with Gasteiger partial charge in [0.25, 0.3) is 5.91 Å². The fourth-order valence-corrected chi connectivity index (χ4v) is 4.52. The number of nitrogens with one attached hydrogen (secondary N) is 1. The molecule has 0 spiro atoms. The maximum Gasteiger partial charge on any atom is 0.266 e. The number of benzene rings is 1. The van der Waals surface area contributed by atoms with Gasteiger partial charge >= 0.3 is 0 Å². The Balaban J connectivity index is 1.46. The molecule has 3 rings (SSSR count). The SMILES string of the molecule is O=C(CCN1C(=O)C(=Cc2cccs2)SC1=S)NCCc1ccccc1. The van der Waals surface area contributed by atoms with E-state index >= 15 is 0 Å². The van der Waals surface area contributed by atoms with Crippen molar-refractivity contribution in [1.29, 1.82) is 0 Å². The van der Waals surface area contributed by atoms with Crippen LogP contribution in [0.3, 0.4) is 0 Å². The van der Waals surface area contributed by atoms with E-state index in [0.29, 0.717) is 22.3 Å². The summed E-state index contributed by atoms with van der Waals surface area (Å²) in [5.74, 6) is -0.192. The van der Waals surface area contributed by atoms with E-state index in [-0.39, 0.29) is 18.2 Å². The Bertz CT molecular complexity index is 817. The summed E-state index contributed by atoms with van der Waals surface area (Å²) in [7, 11) is 0. The average molecular weight is 403 g/mol. The van der Waals surface area contributed by atoms with Gasteiger partial charge in [-0.25, -0.2) is 0 Å². The van der Waals surface area contributed by atoms with E-state index in [1.165, 1.54) is 22.2 Å². The van der Waals surface area contributed by atoms with Gasteiger partial charge in [0.2, 0.25) is 5.91 Å². The van der Waals surface area contributed by atoms with Gasteiger partial charge in [-0.2, -0.15) is 0 Å². The van der Waals surface area contributed by atoms with E-state index in [1.54, 1.807) is 11.3 Å². The number of thiophene rings is 1. The minimum absolute atomic E-state index is 0.0720. The summed E-state index contributed by atoms with van der Waals surface area (Å²) >= 11 is 8.16. The van der Waals surface area contributed by atoms with Gasteiger partial charge in [0.15, 0.2) is 0 Å². The normalized spacial score (nSPS) is 15.7. The number of hydrogen-bond acceptors (Lipinski definition) is 5. The summed E-state index contributed by atoms with van der Waals surface area (Å²) in [5, 5.41) is 4.86. The Morgan fingerprint density at radius 1 is 1.19 bits per heavy atom. The summed E-state index contributed by atoms with van der Waals surface area (Å²) in [6, 6.07) is 13.9. The molecular weight excluding hydrogens is 384 g/mol. The molecule has 1 aromatic heterocycles. The highest BCUT2D eigenvalue weighted by Gasteiger charge is 2.32. The van der Waals surface area contributed by atoms with Gasteiger partial charge in [0.1, 0.15) is 4.32 Å². The highest BCUT2D eigenvalue weighted by Crippen LogP contribution is 2.33. The summed E-state index contributed by atoms with van der Waals surface area (Å²) < 4.78 is 0.509. The van der Waals surface area contributed by atoms with Crippen LogP contribution >= 0.6 is 35.3 Å². The molecule has 0 aliphatic carbocycles. The van der Waals surface area contributed by atoms with Crippen LogP contribution in [0.1, 0.15) is 16.9 Å². The molecule has 7 heteroatoms. The number of carbonyl (C=O) groups is 2. The van der Waals surface area contributed by atoms with Crippen LogP contribution in [0.2, 0.25) is 0 Å². The van der Waals surface area contributed by atoms with Crippen LogP contribution in [0.4, 0.5) is 0 Å². The first-order valence-corrected chi connectivity index (χ1v) is 10.3. The van der Waals surface area contributed by atoms with Crippen molar-refractivity contribution in [2.75, 3.05) is 13.1 Å². The number of thiocarbonyl (C=S) groups is 1. The van der Waals surface area contributed by atoms with E-state index in [4.69, 9.17) is 12.2 Å². The third-order valence-electron chi connectivity index (χ3n) is 3.83. The molecule has 2 amide bonds. The molecule has 0 unspecified atom stereocenters. The fraction of sp³-hybridized carbons (Fsp3) is 0.211. The lowest BCUT2D eigenvalue weighted by molar-refractivity contribution is -0.123. The number of thioether (sulfide) groups is 1. The van der Waals surface area contributed by atoms with E-state index in [1.807, 2.05) is 53.9 Å². The molecule has 1 N–H and O–H groups in total. The molecule has 1 aliphatic rings. The molecule has 1 fully saturated rings. The third-order valence-corrected chi connectivity index (χ3v) is 6.03. The molecule has 0 atom stereocenters. The van der Waals surface area contributed by atoms with Crippen LogP contribution in [0.25, 0.3) is 6.08 Å². The molecule has 1 aromatic carbocycles. The first-order chi connectivity index (χ1) is 12.6. The average Bonchev–Trinajstić information content (AvgIpc) is 3.23. The van der Waals surface area contributed by atoms with E-state index < -0.39 is 0 Å². The maximum absolute atomic E-state index is 12.5. The van der Waals surface area contributed by atoms with Crippen molar-refractivity contribution < 1.29 is 9.59 Å². The molecule has 26 heavy (non-hydrogen) atoms. The number of hydrogen-bond donors (Lipinski definition) is 1. The number of nitrogens with zero attached hydrogens (tertiary/aromatic N) is 1. The van der Waals surface area contributed by atoms with Gasteiger partial charge in [0, 0.05) is 24.4 Å². The predicted octanol–water partition coefficient (Wildman–Crippen LogP) is 3.70. The molecule has 1 saturated heterocycles. The van der Waals surface area contributed by atoms with Crippen molar-refractivity contribution >= 4 is 57.5 Å². The van der Waals surface area contributed by atoms with Crippen LogP contribution in [0, 0.1) is 0 Å². The summed E-state index contributed by atoms with van der Waals surface area (Å²) in [5.41, 5.74) is 1.18. The zero-order chi connectivity index (χ0) is 18.4. The summed E-state index contributed by atoms with van der Waals surface area (Å²) in [6.45, 7) is 0.892. The molecule has 1 aliphatic heterocycles. The zero-order valence-corrected chi connectivity index (χ0v) is 16.5. The van der Waals surface area contributed by atoms with Crippen molar-refractivity contribution in [3.63, 3.8) is 0 Å². The molecule has 134 valence electrons. The van der Waals surface area contributed by atoms with Gasteiger partial charge in [-0.05, 0) is 29.5 Å². The largest absolute Gasteiger partial charge is 0.356 e. The predicted molar refractivity (Wildman–Crippen MR) is 112 cm³/mol. The van der Waals surface area contributed by atoms with E-state index in [9.17, 15) is 9.59 Å². The second kappa shape index (κ2) is 9.12. The lowest BCUT2D eigenvalue weighted by Crippen LogP contribution is -2.34. The van der Waals surface area contributed by atoms with Crippen LogP contribution in [-0.4, -0.2) is 34.1 Å². The number of carbonyl (C=O) groups excluding carboxylic acids is 2. The van der Waals surface area contributed by atoms with Crippen LogP contribution in [-0.2, 0) is 16.0 Å². The number of rotatable bonds is 7. The monoisotopic (exact) mass is 402 g/mol. The van der Waals surface area contributed by atoms with Crippen molar-refractivity contribution in [2.45, 2.75) is 12.8 Å². The molecule has 0 bridgehead atoms. The lowest BCUT2D eigenvalue weighted by atomic mass is 10.1. The van der Waals surface area contributed by atoms with Gasteiger partial charge in [-0.15, -0.1) is 11.3 Å². The molecule has 2 heterocycles. The Morgan fingerprint density at radius 3 is 2.73 bits per heavy atom. The Kier molecular flexibility index (Phi) is 6.60. The first-order valence-electron chi connectivity index (χ1n) is 8.23. The van der Waals surface area contributed by atoms with Gasteiger partial charge < -0.3 is 5.32 Å². The minimum atomic E-state index is -0.120. The van der Waals surface area contributed by atoms with E-state index in [2.05, 4.69) is 5.32 Å². The maximum atomic E-state index is 12.5. The highest BCUT2D eigenvalue weighted by atomic mass is 32.2. The van der Waals surface area contributed by atoms with Crippen molar-refractivity contribution in [2.24, 2.45) is 0 Å². The van der Waals surface area contributed by atoms with Gasteiger partial charge in [-0.3, -0.25) is 14.5 Å². The lowest BCUT2D eigenvalue weighted by Gasteiger charge is -2.14. The Labute approximate surface area is 166 Å². The molecule has 4 nitrogen and oxygen atoms in total. The summed E-state index contributed by atoms with van der Waals surface area (Å²) in [4.78, 5) is 27.6. The smallest absolute Gasteiger partial charge is 0.266 e. The molecule has 2 aromatic rings.